The molecule has 2 aromatic rings. The van der Waals surface area contributed by atoms with E-state index in [1.165, 1.54) is 17.8 Å². The number of anilines is 2. The van der Waals surface area contributed by atoms with Crippen LogP contribution in [0.5, 0.6) is 0 Å². The van der Waals surface area contributed by atoms with E-state index in [0.717, 1.165) is 56.9 Å². The van der Waals surface area contributed by atoms with Crippen LogP contribution in [-0.2, 0) is 4.79 Å². The predicted octanol–water partition coefficient (Wildman–Crippen LogP) is 3.61. The van der Waals surface area contributed by atoms with Crippen molar-refractivity contribution in [3.8, 4) is 0 Å². The molecule has 2 fully saturated rings. The number of halogens is 2. The lowest BCUT2D eigenvalue weighted by atomic mass is 10.3. The van der Waals surface area contributed by atoms with E-state index in [1.54, 1.807) is 6.92 Å². The molecule has 0 bridgehead atoms. The Hall–Kier alpha value is -2.16. The van der Waals surface area contributed by atoms with Gasteiger partial charge in [0, 0.05) is 25.2 Å². The van der Waals surface area contributed by atoms with Crippen molar-refractivity contribution < 1.29 is 13.6 Å². The number of hydrogen-bond donors (Lipinski definition) is 1. The van der Waals surface area contributed by atoms with Gasteiger partial charge in [0.2, 0.25) is 11.9 Å². The minimum Gasteiger partial charge on any atom is -0.341 e. The van der Waals surface area contributed by atoms with Crippen LogP contribution in [0.15, 0.2) is 23.4 Å². The first kappa shape index (κ1) is 18.2. The fraction of sp³-hybridized carbons (Fsp3) is 0.500. The van der Waals surface area contributed by atoms with Crippen molar-refractivity contribution >= 4 is 29.3 Å². The van der Waals surface area contributed by atoms with Gasteiger partial charge in [-0.15, -0.1) is 10.2 Å². The molecule has 1 saturated heterocycles. The van der Waals surface area contributed by atoms with E-state index >= 15 is 0 Å². The third-order valence-electron chi connectivity index (χ3n) is 4.79. The topological polar surface area (TPSA) is 63.1 Å². The number of benzene rings is 1. The Morgan fingerprint density at radius 3 is 2.67 bits per heavy atom. The first-order valence-electron chi connectivity index (χ1n) is 9.15. The van der Waals surface area contributed by atoms with Crippen LogP contribution in [0.2, 0.25) is 0 Å². The molecule has 27 heavy (non-hydrogen) atoms. The average Bonchev–Trinajstić information content (AvgIpc) is 3.16. The summed E-state index contributed by atoms with van der Waals surface area (Å²) in [7, 11) is 0. The molecular formula is C18H21F2N5OS. The number of nitrogens with one attached hydrogen (secondary N) is 1. The minimum absolute atomic E-state index is 0.0322. The van der Waals surface area contributed by atoms with Crippen LogP contribution in [0.3, 0.4) is 0 Å². The summed E-state index contributed by atoms with van der Waals surface area (Å²) in [5.41, 5.74) is -0.0322. The van der Waals surface area contributed by atoms with E-state index < -0.39 is 16.9 Å². The number of hydrogen-bond acceptors (Lipinski definition) is 5. The van der Waals surface area contributed by atoms with E-state index in [2.05, 4.69) is 25.0 Å². The second-order valence-corrected chi connectivity index (χ2v) is 8.26. The van der Waals surface area contributed by atoms with Gasteiger partial charge in [0.1, 0.15) is 11.6 Å². The third kappa shape index (κ3) is 3.92. The summed E-state index contributed by atoms with van der Waals surface area (Å²) in [4.78, 5) is 14.7. The Kier molecular flexibility index (Phi) is 5.03. The van der Waals surface area contributed by atoms with Crippen LogP contribution in [0, 0.1) is 11.6 Å². The van der Waals surface area contributed by atoms with Crippen molar-refractivity contribution in [1.82, 2.24) is 14.8 Å². The second-order valence-electron chi connectivity index (χ2n) is 6.95. The molecule has 1 amide bonds. The molecule has 2 heterocycles. The SMILES string of the molecule is CC(Sc1nnc(N2CCCC2)n1C1CC1)C(=O)Nc1ccc(F)cc1F. The van der Waals surface area contributed by atoms with E-state index in [4.69, 9.17) is 0 Å². The zero-order chi connectivity index (χ0) is 19.0. The maximum absolute atomic E-state index is 13.8. The maximum Gasteiger partial charge on any atom is 0.237 e. The van der Waals surface area contributed by atoms with Gasteiger partial charge in [-0.2, -0.15) is 0 Å². The Morgan fingerprint density at radius 2 is 2.00 bits per heavy atom. The van der Waals surface area contributed by atoms with Crippen LogP contribution >= 0.6 is 11.8 Å². The summed E-state index contributed by atoms with van der Waals surface area (Å²) in [6.45, 7) is 3.70. The Morgan fingerprint density at radius 1 is 1.26 bits per heavy atom. The quantitative estimate of drug-likeness (QED) is 0.760. The Labute approximate surface area is 160 Å². The highest BCUT2D eigenvalue weighted by Crippen LogP contribution is 2.42. The van der Waals surface area contributed by atoms with E-state index in [9.17, 15) is 13.6 Å². The van der Waals surface area contributed by atoms with Gasteiger partial charge in [-0.3, -0.25) is 9.36 Å². The predicted molar refractivity (Wildman–Crippen MR) is 100 cm³/mol. The third-order valence-corrected chi connectivity index (χ3v) is 5.84. The number of amides is 1. The van der Waals surface area contributed by atoms with Gasteiger partial charge in [-0.05, 0) is 44.7 Å². The van der Waals surface area contributed by atoms with Crippen molar-refractivity contribution in [3.63, 3.8) is 0 Å². The van der Waals surface area contributed by atoms with Crippen molar-refractivity contribution in [3.05, 3.63) is 29.8 Å². The highest BCUT2D eigenvalue weighted by atomic mass is 32.2. The largest absolute Gasteiger partial charge is 0.341 e. The van der Waals surface area contributed by atoms with Gasteiger partial charge in [0.15, 0.2) is 5.16 Å². The highest BCUT2D eigenvalue weighted by Gasteiger charge is 2.33. The standard InChI is InChI=1S/C18H21F2N5OS/c1-11(16(26)21-15-7-4-12(19)10-14(15)20)27-18-23-22-17(24-8-2-3-9-24)25(18)13-5-6-13/h4,7,10-11,13H,2-3,5-6,8-9H2,1H3,(H,21,26). The molecule has 1 N–H and O–H groups in total. The van der Waals surface area contributed by atoms with Gasteiger partial charge in [0.25, 0.3) is 0 Å². The molecule has 0 spiro atoms. The molecule has 9 heteroatoms. The van der Waals surface area contributed by atoms with Crippen LogP contribution < -0.4 is 10.2 Å². The first-order chi connectivity index (χ1) is 13.0. The monoisotopic (exact) mass is 393 g/mol. The number of carbonyl (C=O) groups excluding carboxylic acids is 1. The summed E-state index contributed by atoms with van der Waals surface area (Å²) in [6, 6.07) is 3.48. The summed E-state index contributed by atoms with van der Waals surface area (Å²) in [5.74, 6) is -0.953. The average molecular weight is 393 g/mol. The van der Waals surface area contributed by atoms with Crippen LogP contribution in [-0.4, -0.2) is 39.0 Å². The van der Waals surface area contributed by atoms with Crippen LogP contribution in [0.1, 0.15) is 38.6 Å². The van der Waals surface area contributed by atoms with Crippen molar-refractivity contribution in [2.45, 2.75) is 49.1 Å². The number of rotatable bonds is 6. The maximum atomic E-state index is 13.8. The van der Waals surface area contributed by atoms with Crippen LogP contribution in [0.25, 0.3) is 0 Å². The zero-order valence-corrected chi connectivity index (χ0v) is 15.8. The van der Waals surface area contributed by atoms with Gasteiger partial charge >= 0.3 is 0 Å². The zero-order valence-electron chi connectivity index (χ0n) is 15.0. The van der Waals surface area contributed by atoms with Crippen molar-refractivity contribution in [2.75, 3.05) is 23.3 Å². The van der Waals surface area contributed by atoms with Crippen molar-refractivity contribution in [2.24, 2.45) is 0 Å². The lowest BCUT2D eigenvalue weighted by Gasteiger charge is -2.18. The van der Waals surface area contributed by atoms with Gasteiger partial charge in [0.05, 0.1) is 10.9 Å². The molecule has 144 valence electrons. The molecule has 0 radical (unpaired) electrons. The minimum atomic E-state index is -0.794. The number of nitrogens with zero attached hydrogens (tertiary/aromatic N) is 4. The lowest BCUT2D eigenvalue weighted by molar-refractivity contribution is -0.115. The highest BCUT2D eigenvalue weighted by molar-refractivity contribution is 8.00. The van der Waals surface area contributed by atoms with Gasteiger partial charge in [-0.25, -0.2) is 8.78 Å². The second kappa shape index (κ2) is 7.46. The molecule has 6 nitrogen and oxygen atoms in total. The van der Waals surface area contributed by atoms with E-state index in [1.807, 2.05) is 0 Å². The molecule has 1 aromatic heterocycles. The Bertz CT molecular complexity index is 848. The summed E-state index contributed by atoms with van der Waals surface area (Å²) >= 11 is 1.31. The number of carbonyl (C=O) groups is 1. The normalized spacial score (nSPS) is 18.0. The molecular weight excluding hydrogens is 372 g/mol. The van der Waals surface area contributed by atoms with Gasteiger partial charge in [-0.1, -0.05) is 11.8 Å². The fourth-order valence-electron chi connectivity index (χ4n) is 3.17. The summed E-state index contributed by atoms with van der Waals surface area (Å²) in [6.07, 6.45) is 4.49. The molecule has 1 saturated carbocycles. The Balaban J connectivity index is 1.47. The van der Waals surface area contributed by atoms with Crippen molar-refractivity contribution in [1.29, 1.82) is 0 Å². The summed E-state index contributed by atoms with van der Waals surface area (Å²) < 4.78 is 28.9. The fourth-order valence-corrected chi connectivity index (χ4v) is 4.09. The van der Waals surface area contributed by atoms with E-state index in [-0.39, 0.29) is 11.6 Å². The first-order valence-corrected chi connectivity index (χ1v) is 10.0. The number of thioether (sulfide) groups is 1. The molecule has 1 aliphatic carbocycles. The molecule has 1 aromatic carbocycles. The molecule has 1 atom stereocenters. The van der Waals surface area contributed by atoms with Crippen LogP contribution in [0.4, 0.5) is 20.4 Å². The van der Waals surface area contributed by atoms with E-state index in [0.29, 0.717) is 11.2 Å². The lowest BCUT2D eigenvalue weighted by Crippen LogP contribution is -2.24. The smallest absolute Gasteiger partial charge is 0.237 e. The number of aromatic nitrogens is 3. The molecule has 1 unspecified atom stereocenters. The van der Waals surface area contributed by atoms with Gasteiger partial charge < -0.3 is 10.2 Å². The molecule has 1 aliphatic heterocycles. The summed E-state index contributed by atoms with van der Waals surface area (Å²) in [5, 5.41) is 11.4. The molecule has 2 aliphatic rings. The molecule has 4 rings (SSSR count).